The highest BCUT2D eigenvalue weighted by Crippen LogP contribution is 2.22. The number of rotatable bonds is 7. The van der Waals surface area contributed by atoms with Crippen LogP contribution in [-0.4, -0.2) is 58.7 Å². The Bertz CT molecular complexity index is 558. The zero-order chi connectivity index (χ0) is 18.2. The summed E-state index contributed by atoms with van der Waals surface area (Å²) in [6.45, 7) is 5.75. The molecule has 2 rings (SSSR count). The molecule has 0 radical (unpaired) electrons. The molecule has 25 heavy (non-hydrogen) atoms. The molecular formula is C19H28N2O4. The first-order valence-electron chi connectivity index (χ1n) is 9.02. The molecule has 1 fully saturated rings. The van der Waals surface area contributed by atoms with Gasteiger partial charge >= 0.3 is 6.09 Å². The first-order chi connectivity index (χ1) is 12.1. The lowest BCUT2D eigenvalue weighted by molar-refractivity contribution is -0.138. The van der Waals surface area contributed by atoms with Gasteiger partial charge < -0.3 is 14.7 Å². The third-order valence-electron chi connectivity index (χ3n) is 4.36. The molecule has 1 unspecified atom stereocenters. The SMILES string of the molecule is CCCN(CCC)C(=O)[C@@H]1C(O)CCN1C(=O)OCc1ccccc1. The van der Waals surface area contributed by atoms with Crippen molar-refractivity contribution in [2.75, 3.05) is 19.6 Å². The van der Waals surface area contributed by atoms with Crippen LogP contribution in [0.2, 0.25) is 0 Å². The second kappa shape index (κ2) is 9.42. The summed E-state index contributed by atoms with van der Waals surface area (Å²) in [6.07, 6.45) is 0.683. The molecule has 1 saturated heterocycles. The van der Waals surface area contributed by atoms with Gasteiger partial charge in [0, 0.05) is 19.6 Å². The number of aliphatic hydroxyl groups is 1. The number of hydrogen-bond donors (Lipinski definition) is 1. The molecule has 1 N–H and O–H groups in total. The number of benzene rings is 1. The van der Waals surface area contributed by atoms with Crippen molar-refractivity contribution >= 4 is 12.0 Å². The van der Waals surface area contributed by atoms with Gasteiger partial charge in [-0.25, -0.2) is 4.79 Å². The third kappa shape index (κ3) is 4.95. The number of amides is 2. The molecule has 2 amide bonds. The van der Waals surface area contributed by atoms with Crippen LogP contribution in [-0.2, 0) is 16.1 Å². The fourth-order valence-electron chi connectivity index (χ4n) is 3.14. The van der Waals surface area contributed by atoms with Crippen molar-refractivity contribution in [3.8, 4) is 0 Å². The van der Waals surface area contributed by atoms with E-state index >= 15 is 0 Å². The first kappa shape index (κ1) is 19.2. The summed E-state index contributed by atoms with van der Waals surface area (Å²) in [5.74, 6) is -0.189. The average Bonchev–Trinajstić information content (AvgIpc) is 3.01. The standard InChI is InChI=1S/C19H28N2O4/c1-3-11-20(12-4-2)18(23)17-16(22)10-13-21(17)19(24)25-14-15-8-6-5-7-9-15/h5-9,16-17,22H,3-4,10-14H2,1-2H3/t16?,17-/m0/s1. The molecule has 1 aliphatic heterocycles. The van der Waals surface area contributed by atoms with E-state index in [1.807, 2.05) is 44.2 Å². The normalized spacial score (nSPS) is 19.7. The van der Waals surface area contributed by atoms with E-state index in [-0.39, 0.29) is 12.5 Å². The Morgan fingerprint density at radius 1 is 1.20 bits per heavy atom. The Morgan fingerprint density at radius 3 is 2.44 bits per heavy atom. The maximum atomic E-state index is 12.8. The van der Waals surface area contributed by atoms with Gasteiger partial charge in [-0.1, -0.05) is 44.2 Å². The van der Waals surface area contributed by atoms with E-state index in [1.54, 1.807) is 4.90 Å². The highest BCUT2D eigenvalue weighted by Gasteiger charge is 2.43. The second-order valence-corrected chi connectivity index (χ2v) is 6.36. The summed E-state index contributed by atoms with van der Waals surface area (Å²) < 4.78 is 5.35. The molecule has 6 heteroatoms. The molecule has 138 valence electrons. The summed E-state index contributed by atoms with van der Waals surface area (Å²) in [5.41, 5.74) is 0.886. The lowest BCUT2D eigenvalue weighted by atomic mass is 10.1. The van der Waals surface area contributed by atoms with Crippen molar-refractivity contribution in [3.63, 3.8) is 0 Å². The minimum absolute atomic E-state index is 0.154. The monoisotopic (exact) mass is 348 g/mol. The Kier molecular flexibility index (Phi) is 7.25. The maximum Gasteiger partial charge on any atom is 0.410 e. The lowest BCUT2D eigenvalue weighted by Crippen LogP contribution is -2.52. The Labute approximate surface area is 149 Å². The summed E-state index contributed by atoms with van der Waals surface area (Å²) >= 11 is 0. The number of carbonyl (C=O) groups is 2. The molecule has 0 saturated carbocycles. The van der Waals surface area contributed by atoms with Crippen molar-refractivity contribution in [2.24, 2.45) is 0 Å². The van der Waals surface area contributed by atoms with E-state index in [4.69, 9.17) is 4.74 Å². The smallest absolute Gasteiger partial charge is 0.410 e. The van der Waals surface area contributed by atoms with Gasteiger partial charge in [0.05, 0.1) is 6.10 Å². The number of aliphatic hydroxyl groups excluding tert-OH is 1. The zero-order valence-electron chi connectivity index (χ0n) is 15.1. The average molecular weight is 348 g/mol. The second-order valence-electron chi connectivity index (χ2n) is 6.36. The lowest BCUT2D eigenvalue weighted by Gasteiger charge is -2.30. The minimum Gasteiger partial charge on any atom is -0.445 e. The third-order valence-corrected chi connectivity index (χ3v) is 4.36. The van der Waals surface area contributed by atoms with Gasteiger partial charge in [0.25, 0.3) is 0 Å². The highest BCUT2D eigenvalue weighted by atomic mass is 16.6. The Hall–Kier alpha value is -2.08. The van der Waals surface area contributed by atoms with Crippen LogP contribution in [0.5, 0.6) is 0 Å². The van der Waals surface area contributed by atoms with E-state index in [1.165, 1.54) is 4.90 Å². The molecule has 0 aromatic heterocycles. The predicted octanol–water partition coefficient (Wildman–Crippen LogP) is 2.41. The molecule has 0 aliphatic carbocycles. The topological polar surface area (TPSA) is 70.1 Å². The molecule has 0 spiro atoms. The maximum absolute atomic E-state index is 12.8. The molecule has 1 aromatic carbocycles. The van der Waals surface area contributed by atoms with Crippen LogP contribution in [0.3, 0.4) is 0 Å². The highest BCUT2D eigenvalue weighted by molar-refractivity contribution is 5.87. The molecule has 1 aliphatic rings. The van der Waals surface area contributed by atoms with Crippen LogP contribution in [0.1, 0.15) is 38.7 Å². The van der Waals surface area contributed by atoms with Crippen molar-refractivity contribution in [1.82, 2.24) is 9.80 Å². The van der Waals surface area contributed by atoms with Gasteiger partial charge in [-0.2, -0.15) is 0 Å². The first-order valence-corrected chi connectivity index (χ1v) is 9.02. The van der Waals surface area contributed by atoms with Crippen LogP contribution in [0.4, 0.5) is 4.79 Å². The van der Waals surface area contributed by atoms with E-state index in [9.17, 15) is 14.7 Å². The van der Waals surface area contributed by atoms with Crippen molar-refractivity contribution in [3.05, 3.63) is 35.9 Å². The van der Waals surface area contributed by atoms with E-state index in [2.05, 4.69) is 0 Å². The van der Waals surface area contributed by atoms with Gasteiger partial charge in [-0.05, 0) is 24.8 Å². The fraction of sp³-hybridized carbons (Fsp3) is 0.579. The van der Waals surface area contributed by atoms with E-state index in [0.29, 0.717) is 26.1 Å². The number of ether oxygens (including phenoxy) is 1. The fourth-order valence-corrected chi connectivity index (χ4v) is 3.14. The van der Waals surface area contributed by atoms with Crippen LogP contribution in [0, 0.1) is 0 Å². The molecule has 1 aromatic rings. The van der Waals surface area contributed by atoms with Gasteiger partial charge in [0.1, 0.15) is 12.6 Å². The Morgan fingerprint density at radius 2 is 1.84 bits per heavy atom. The van der Waals surface area contributed by atoms with E-state index in [0.717, 1.165) is 18.4 Å². The van der Waals surface area contributed by atoms with Crippen LogP contribution < -0.4 is 0 Å². The molecule has 2 atom stereocenters. The van der Waals surface area contributed by atoms with Gasteiger partial charge in [-0.3, -0.25) is 9.69 Å². The van der Waals surface area contributed by atoms with Crippen molar-refractivity contribution in [1.29, 1.82) is 0 Å². The Balaban J connectivity index is 2.02. The summed E-state index contributed by atoms with van der Waals surface area (Å²) in [5, 5.41) is 10.3. The van der Waals surface area contributed by atoms with Crippen molar-refractivity contribution < 1.29 is 19.4 Å². The molecular weight excluding hydrogens is 320 g/mol. The number of nitrogens with zero attached hydrogens (tertiary/aromatic N) is 2. The van der Waals surface area contributed by atoms with E-state index < -0.39 is 18.2 Å². The quantitative estimate of drug-likeness (QED) is 0.821. The summed E-state index contributed by atoms with van der Waals surface area (Å²) in [4.78, 5) is 28.4. The molecule has 1 heterocycles. The minimum atomic E-state index is -0.846. The largest absolute Gasteiger partial charge is 0.445 e. The number of hydrogen-bond acceptors (Lipinski definition) is 4. The number of likely N-dealkylation sites (tertiary alicyclic amines) is 1. The molecule has 6 nitrogen and oxygen atoms in total. The van der Waals surface area contributed by atoms with Crippen LogP contribution in [0.25, 0.3) is 0 Å². The van der Waals surface area contributed by atoms with Crippen LogP contribution in [0.15, 0.2) is 30.3 Å². The summed E-state index contributed by atoms with van der Waals surface area (Å²) in [6, 6.07) is 8.55. The predicted molar refractivity (Wildman–Crippen MR) is 94.9 cm³/mol. The van der Waals surface area contributed by atoms with Crippen molar-refractivity contribution in [2.45, 2.75) is 51.9 Å². The van der Waals surface area contributed by atoms with Gasteiger partial charge in [0.2, 0.25) is 5.91 Å². The van der Waals surface area contributed by atoms with Gasteiger partial charge in [0.15, 0.2) is 0 Å². The summed E-state index contributed by atoms with van der Waals surface area (Å²) in [7, 11) is 0. The zero-order valence-corrected chi connectivity index (χ0v) is 15.1. The molecule has 0 bridgehead atoms. The van der Waals surface area contributed by atoms with Gasteiger partial charge in [-0.15, -0.1) is 0 Å². The van der Waals surface area contributed by atoms with Crippen LogP contribution >= 0.6 is 0 Å². The number of carbonyl (C=O) groups excluding carboxylic acids is 2.